The standard InChI is InChI=1S/C19H24Cl2N4O3/c1-12(11-27-2)22-19(26)13-5-7-25(8-6-13)10-17-23-18(24-28-17)15-4-3-14(20)9-16(15)21/h3-4,9,12-13H,5-8,10-11H2,1-2H3,(H,22,26). The highest BCUT2D eigenvalue weighted by molar-refractivity contribution is 6.36. The summed E-state index contributed by atoms with van der Waals surface area (Å²) in [6.45, 7) is 4.61. The number of benzene rings is 1. The van der Waals surface area contributed by atoms with Gasteiger partial charge in [0.1, 0.15) is 0 Å². The van der Waals surface area contributed by atoms with Crippen LogP contribution in [0.1, 0.15) is 25.7 Å². The number of rotatable bonds is 7. The van der Waals surface area contributed by atoms with Crippen LogP contribution in [0.2, 0.25) is 10.0 Å². The minimum Gasteiger partial charge on any atom is -0.383 e. The Kier molecular flexibility index (Phi) is 7.29. The lowest BCUT2D eigenvalue weighted by molar-refractivity contribution is -0.127. The average Bonchev–Trinajstić information content (AvgIpc) is 3.10. The fourth-order valence-corrected chi connectivity index (χ4v) is 3.79. The number of carbonyl (C=O) groups is 1. The molecule has 9 heteroatoms. The molecule has 152 valence electrons. The maximum Gasteiger partial charge on any atom is 0.241 e. The Morgan fingerprint density at radius 3 is 2.82 bits per heavy atom. The van der Waals surface area contributed by atoms with Gasteiger partial charge in [-0.2, -0.15) is 4.98 Å². The van der Waals surface area contributed by atoms with Crippen LogP contribution in [0, 0.1) is 5.92 Å². The Morgan fingerprint density at radius 2 is 2.14 bits per heavy atom. The molecule has 1 aliphatic rings. The Labute approximate surface area is 174 Å². The Morgan fingerprint density at radius 1 is 1.39 bits per heavy atom. The summed E-state index contributed by atoms with van der Waals surface area (Å²) < 4.78 is 10.4. The van der Waals surface area contributed by atoms with Crippen molar-refractivity contribution in [1.82, 2.24) is 20.4 Å². The number of amides is 1. The van der Waals surface area contributed by atoms with Crippen molar-refractivity contribution in [3.05, 3.63) is 34.1 Å². The largest absolute Gasteiger partial charge is 0.383 e. The first-order valence-electron chi connectivity index (χ1n) is 9.26. The van der Waals surface area contributed by atoms with Crippen LogP contribution in [0.25, 0.3) is 11.4 Å². The van der Waals surface area contributed by atoms with E-state index in [9.17, 15) is 4.79 Å². The van der Waals surface area contributed by atoms with E-state index < -0.39 is 0 Å². The number of methoxy groups -OCH3 is 1. The van der Waals surface area contributed by atoms with Gasteiger partial charge in [0, 0.05) is 29.7 Å². The highest BCUT2D eigenvalue weighted by atomic mass is 35.5. The molecule has 1 aliphatic heterocycles. The molecule has 0 saturated carbocycles. The summed E-state index contributed by atoms with van der Waals surface area (Å²) in [5.74, 6) is 1.10. The van der Waals surface area contributed by atoms with Crippen LogP contribution in [0.4, 0.5) is 0 Å². The number of aromatic nitrogens is 2. The van der Waals surface area contributed by atoms with Crippen molar-refractivity contribution in [1.29, 1.82) is 0 Å². The molecule has 0 bridgehead atoms. The number of ether oxygens (including phenoxy) is 1. The van der Waals surface area contributed by atoms with E-state index in [1.54, 1.807) is 25.3 Å². The van der Waals surface area contributed by atoms with E-state index in [1.807, 2.05) is 6.92 Å². The van der Waals surface area contributed by atoms with Crippen LogP contribution in [-0.2, 0) is 16.1 Å². The minimum absolute atomic E-state index is 0.0204. The Hall–Kier alpha value is -1.67. The highest BCUT2D eigenvalue weighted by Crippen LogP contribution is 2.28. The molecule has 3 rings (SSSR count). The first kappa shape index (κ1) is 21.0. The molecule has 2 aromatic rings. The minimum atomic E-state index is 0.0204. The third-order valence-corrected chi connectivity index (χ3v) is 5.31. The highest BCUT2D eigenvalue weighted by Gasteiger charge is 2.26. The molecule has 2 heterocycles. The first-order chi connectivity index (χ1) is 13.5. The summed E-state index contributed by atoms with van der Waals surface area (Å²) >= 11 is 12.1. The maximum absolute atomic E-state index is 12.3. The summed E-state index contributed by atoms with van der Waals surface area (Å²) in [6.07, 6.45) is 1.60. The smallest absolute Gasteiger partial charge is 0.241 e. The molecule has 0 aliphatic carbocycles. The first-order valence-corrected chi connectivity index (χ1v) is 10.0. The van der Waals surface area contributed by atoms with E-state index in [1.165, 1.54) is 0 Å². The van der Waals surface area contributed by atoms with Crippen LogP contribution < -0.4 is 5.32 Å². The zero-order valence-electron chi connectivity index (χ0n) is 16.0. The molecule has 1 saturated heterocycles. The van der Waals surface area contributed by atoms with Gasteiger partial charge in [-0.25, -0.2) is 0 Å². The number of nitrogens with one attached hydrogen (secondary N) is 1. The number of piperidine rings is 1. The van der Waals surface area contributed by atoms with Gasteiger partial charge in [0.25, 0.3) is 0 Å². The molecular weight excluding hydrogens is 403 g/mol. The van der Waals surface area contributed by atoms with E-state index in [-0.39, 0.29) is 17.9 Å². The molecule has 28 heavy (non-hydrogen) atoms. The fraction of sp³-hybridized carbons (Fsp3) is 0.526. The maximum atomic E-state index is 12.3. The van der Waals surface area contributed by atoms with Gasteiger partial charge >= 0.3 is 0 Å². The Bertz CT molecular complexity index is 806. The van der Waals surface area contributed by atoms with Gasteiger partial charge in [0.2, 0.25) is 17.6 Å². The van der Waals surface area contributed by atoms with E-state index >= 15 is 0 Å². The number of carbonyl (C=O) groups excluding carboxylic acids is 1. The van der Waals surface area contributed by atoms with Crippen molar-refractivity contribution in [2.75, 3.05) is 26.8 Å². The second kappa shape index (κ2) is 9.69. The lowest BCUT2D eigenvalue weighted by Crippen LogP contribution is -2.44. The number of hydrogen-bond acceptors (Lipinski definition) is 6. The molecule has 1 amide bonds. The van der Waals surface area contributed by atoms with E-state index in [2.05, 4.69) is 20.4 Å². The predicted octanol–water partition coefficient (Wildman–Crippen LogP) is 3.41. The van der Waals surface area contributed by atoms with E-state index in [4.69, 9.17) is 32.5 Å². The summed E-state index contributed by atoms with van der Waals surface area (Å²) in [6, 6.07) is 5.18. The van der Waals surface area contributed by atoms with Crippen LogP contribution in [0.3, 0.4) is 0 Å². The molecule has 1 atom stereocenters. The van der Waals surface area contributed by atoms with Gasteiger partial charge in [-0.05, 0) is 51.1 Å². The molecular formula is C19H24Cl2N4O3. The molecule has 7 nitrogen and oxygen atoms in total. The van der Waals surface area contributed by atoms with E-state index in [0.717, 1.165) is 25.9 Å². The predicted molar refractivity (Wildman–Crippen MR) is 107 cm³/mol. The van der Waals surface area contributed by atoms with Crippen LogP contribution in [-0.4, -0.2) is 53.8 Å². The van der Waals surface area contributed by atoms with E-state index in [0.29, 0.717) is 40.5 Å². The van der Waals surface area contributed by atoms with Gasteiger partial charge in [-0.3, -0.25) is 9.69 Å². The van der Waals surface area contributed by atoms with Gasteiger partial charge in [-0.15, -0.1) is 0 Å². The molecule has 0 radical (unpaired) electrons. The van der Waals surface area contributed by atoms with Crippen molar-refractivity contribution < 1.29 is 14.1 Å². The van der Waals surface area contributed by atoms with Gasteiger partial charge in [0.05, 0.1) is 18.2 Å². The second-order valence-corrected chi connectivity index (χ2v) is 7.89. The lowest BCUT2D eigenvalue weighted by atomic mass is 9.95. The van der Waals surface area contributed by atoms with Gasteiger partial charge < -0.3 is 14.6 Å². The lowest BCUT2D eigenvalue weighted by Gasteiger charge is -2.30. The van der Waals surface area contributed by atoms with Crippen LogP contribution in [0.15, 0.2) is 22.7 Å². The zero-order chi connectivity index (χ0) is 20.1. The molecule has 1 unspecified atom stereocenters. The summed E-state index contributed by atoms with van der Waals surface area (Å²) in [7, 11) is 1.63. The molecule has 1 fully saturated rings. The molecule has 0 spiro atoms. The van der Waals surface area contributed by atoms with Crippen molar-refractivity contribution in [2.45, 2.75) is 32.4 Å². The third kappa shape index (κ3) is 5.44. The Balaban J connectivity index is 1.51. The topological polar surface area (TPSA) is 80.5 Å². The van der Waals surface area contributed by atoms with Gasteiger partial charge in [0.15, 0.2) is 0 Å². The normalized spacial score (nSPS) is 16.9. The van der Waals surface area contributed by atoms with Gasteiger partial charge in [-0.1, -0.05) is 28.4 Å². The van der Waals surface area contributed by atoms with Crippen LogP contribution in [0.5, 0.6) is 0 Å². The molecule has 1 N–H and O–H groups in total. The fourth-order valence-electron chi connectivity index (χ4n) is 3.30. The van der Waals surface area contributed by atoms with Crippen molar-refractivity contribution in [3.8, 4) is 11.4 Å². The van der Waals surface area contributed by atoms with Crippen LogP contribution >= 0.6 is 23.2 Å². The van der Waals surface area contributed by atoms with Crippen molar-refractivity contribution in [2.24, 2.45) is 5.92 Å². The summed E-state index contributed by atoms with van der Waals surface area (Å²) in [4.78, 5) is 19.0. The third-order valence-electron chi connectivity index (χ3n) is 4.76. The molecule has 1 aromatic heterocycles. The average molecular weight is 427 g/mol. The SMILES string of the molecule is COCC(C)NC(=O)C1CCN(Cc2nc(-c3ccc(Cl)cc3Cl)no2)CC1. The zero-order valence-corrected chi connectivity index (χ0v) is 17.5. The number of nitrogens with zero attached hydrogens (tertiary/aromatic N) is 3. The summed E-state index contributed by atoms with van der Waals surface area (Å²) in [5.41, 5.74) is 0.682. The monoisotopic (exact) mass is 426 g/mol. The van der Waals surface area contributed by atoms with Crippen molar-refractivity contribution in [3.63, 3.8) is 0 Å². The molecule has 1 aromatic carbocycles. The number of likely N-dealkylation sites (tertiary alicyclic amines) is 1. The van der Waals surface area contributed by atoms with Crippen molar-refractivity contribution >= 4 is 29.1 Å². The quantitative estimate of drug-likeness (QED) is 0.730. The number of hydrogen-bond donors (Lipinski definition) is 1. The number of halogens is 2. The summed E-state index contributed by atoms with van der Waals surface area (Å²) in [5, 5.41) is 8.06. The second-order valence-electron chi connectivity index (χ2n) is 7.05.